The Morgan fingerprint density at radius 3 is 3.00 bits per heavy atom. The van der Waals surface area contributed by atoms with Crippen LogP contribution in [0, 0.1) is 0 Å². The van der Waals surface area contributed by atoms with Gasteiger partial charge in [0.2, 0.25) is 5.89 Å². The predicted octanol–water partition coefficient (Wildman–Crippen LogP) is 1.65. The van der Waals surface area contributed by atoms with Crippen LogP contribution in [-0.2, 0) is 13.6 Å². The summed E-state index contributed by atoms with van der Waals surface area (Å²) in [6.07, 6.45) is 2.12. The molecule has 1 saturated heterocycles. The molecule has 1 amide bonds. The van der Waals surface area contributed by atoms with Crippen molar-refractivity contribution in [3.05, 3.63) is 41.8 Å². The Hall–Kier alpha value is -2.74. The standard InChI is InChI=1S/C17H20N6O2/c1-18-17(24)15-20-14(25-21-15)10-23-9-5-8-13(23)16-19-11-6-3-4-7-12(11)22(16)2/h3-4,6-7,13H,5,8-10H2,1-2H3,(H,18,24)/t13-/m0/s1. The minimum Gasteiger partial charge on any atom is -0.352 e. The highest BCUT2D eigenvalue weighted by Gasteiger charge is 2.31. The Kier molecular flexibility index (Phi) is 3.96. The molecule has 0 spiro atoms. The lowest BCUT2D eigenvalue weighted by Gasteiger charge is -2.22. The molecule has 1 atom stereocenters. The fourth-order valence-electron chi connectivity index (χ4n) is 3.47. The summed E-state index contributed by atoms with van der Waals surface area (Å²) in [5, 5.41) is 6.23. The summed E-state index contributed by atoms with van der Waals surface area (Å²) in [5.41, 5.74) is 2.13. The van der Waals surface area contributed by atoms with Crippen molar-refractivity contribution in [1.82, 2.24) is 29.9 Å². The molecule has 1 aliphatic heterocycles. The summed E-state index contributed by atoms with van der Waals surface area (Å²) in [5.74, 6) is 1.22. The number of imidazole rings is 1. The maximum absolute atomic E-state index is 11.6. The molecule has 3 aromatic rings. The quantitative estimate of drug-likeness (QED) is 0.777. The van der Waals surface area contributed by atoms with Crippen molar-refractivity contribution in [2.45, 2.75) is 25.4 Å². The third-order valence-electron chi connectivity index (χ3n) is 4.72. The molecule has 0 aliphatic carbocycles. The first kappa shape index (κ1) is 15.8. The lowest BCUT2D eigenvalue weighted by molar-refractivity contribution is 0.0950. The largest absolute Gasteiger partial charge is 0.352 e. The molecule has 0 radical (unpaired) electrons. The van der Waals surface area contributed by atoms with Crippen LogP contribution in [0.15, 0.2) is 28.8 Å². The number of nitrogens with zero attached hydrogens (tertiary/aromatic N) is 5. The fourth-order valence-corrected chi connectivity index (χ4v) is 3.47. The van der Waals surface area contributed by atoms with Crippen LogP contribution in [-0.4, -0.2) is 44.1 Å². The van der Waals surface area contributed by atoms with Crippen molar-refractivity contribution < 1.29 is 9.32 Å². The Bertz CT molecular complexity index is 915. The highest BCUT2D eigenvalue weighted by Crippen LogP contribution is 2.33. The summed E-state index contributed by atoms with van der Waals surface area (Å²) in [4.78, 5) is 22.9. The van der Waals surface area contributed by atoms with Crippen LogP contribution in [0.4, 0.5) is 0 Å². The molecule has 3 heterocycles. The van der Waals surface area contributed by atoms with Gasteiger partial charge in [-0.25, -0.2) is 4.98 Å². The van der Waals surface area contributed by atoms with E-state index in [4.69, 9.17) is 9.51 Å². The molecule has 25 heavy (non-hydrogen) atoms. The molecule has 2 aromatic heterocycles. The summed E-state index contributed by atoms with van der Waals surface area (Å²) < 4.78 is 7.39. The molecule has 0 saturated carbocycles. The molecular weight excluding hydrogens is 320 g/mol. The highest BCUT2D eigenvalue weighted by molar-refractivity contribution is 5.89. The molecule has 1 aliphatic rings. The van der Waals surface area contributed by atoms with Gasteiger partial charge in [0.1, 0.15) is 5.82 Å². The predicted molar refractivity (Wildman–Crippen MR) is 90.8 cm³/mol. The summed E-state index contributed by atoms with van der Waals surface area (Å²) >= 11 is 0. The van der Waals surface area contributed by atoms with Crippen LogP contribution in [0.3, 0.4) is 0 Å². The second kappa shape index (κ2) is 6.29. The zero-order valence-corrected chi connectivity index (χ0v) is 14.3. The van der Waals surface area contributed by atoms with Crippen LogP contribution >= 0.6 is 0 Å². The maximum Gasteiger partial charge on any atom is 0.292 e. The molecule has 8 nitrogen and oxygen atoms in total. The van der Waals surface area contributed by atoms with Crippen LogP contribution in [0.1, 0.15) is 41.2 Å². The van der Waals surface area contributed by atoms with Crippen LogP contribution in [0.2, 0.25) is 0 Å². The molecule has 0 unspecified atom stereocenters. The topological polar surface area (TPSA) is 89.1 Å². The smallest absolute Gasteiger partial charge is 0.292 e. The zero-order valence-electron chi connectivity index (χ0n) is 14.3. The van der Waals surface area contributed by atoms with Gasteiger partial charge in [-0.2, -0.15) is 4.98 Å². The minimum absolute atomic E-state index is 0.0657. The molecular formula is C17H20N6O2. The van der Waals surface area contributed by atoms with E-state index >= 15 is 0 Å². The second-order valence-electron chi connectivity index (χ2n) is 6.24. The maximum atomic E-state index is 11.6. The lowest BCUT2D eigenvalue weighted by Crippen LogP contribution is -2.25. The number of fused-ring (bicyclic) bond motifs is 1. The van der Waals surface area contributed by atoms with Gasteiger partial charge in [0.05, 0.1) is 23.6 Å². The van der Waals surface area contributed by atoms with E-state index in [2.05, 4.69) is 38.0 Å². The van der Waals surface area contributed by atoms with E-state index in [1.54, 1.807) is 7.05 Å². The van der Waals surface area contributed by atoms with E-state index in [0.717, 1.165) is 36.2 Å². The number of carbonyl (C=O) groups excluding carboxylic acids is 1. The summed E-state index contributed by atoms with van der Waals surface area (Å²) in [6, 6.07) is 8.35. The van der Waals surface area contributed by atoms with Gasteiger partial charge in [-0.1, -0.05) is 17.3 Å². The van der Waals surface area contributed by atoms with Crippen molar-refractivity contribution in [2.24, 2.45) is 7.05 Å². The van der Waals surface area contributed by atoms with Crippen molar-refractivity contribution in [3.8, 4) is 0 Å². The summed E-state index contributed by atoms with van der Waals surface area (Å²) in [6.45, 7) is 1.45. The monoisotopic (exact) mass is 340 g/mol. The Morgan fingerprint density at radius 2 is 2.20 bits per heavy atom. The molecule has 1 N–H and O–H groups in total. The van der Waals surface area contributed by atoms with Crippen molar-refractivity contribution in [2.75, 3.05) is 13.6 Å². The van der Waals surface area contributed by atoms with Gasteiger partial charge in [-0.05, 0) is 31.5 Å². The number of rotatable bonds is 4. The van der Waals surface area contributed by atoms with Crippen molar-refractivity contribution >= 4 is 16.9 Å². The van der Waals surface area contributed by atoms with Gasteiger partial charge < -0.3 is 14.4 Å². The van der Waals surface area contributed by atoms with E-state index < -0.39 is 0 Å². The number of carbonyl (C=O) groups is 1. The van der Waals surface area contributed by atoms with E-state index in [1.807, 2.05) is 18.2 Å². The van der Waals surface area contributed by atoms with Gasteiger partial charge in [0.25, 0.3) is 11.7 Å². The number of nitrogens with one attached hydrogen (secondary N) is 1. The van der Waals surface area contributed by atoms with Gasteiger partial charge in [0.15, 0.2) is 0 Å². The number of amides is 1. The third kappa shape index (κ3) is 2.78. The Morgan fingerprint density at radius 1 is 1.36 bits per heavy atom. The van der Waals surface area contributed by atoms with E-state index in [0.29, 0.717) is 12.4 Å². The van der Waals surface area contributed by atoms with Gasteiger partial charge in [-0.15, -0.1) is 0 Å². The number of aryl methyl sites for hydroxylation is 1. The normalized spacial score (nSPS) is 18.1. The van der Waals surface area contributed by atoms with Crippen molar-refractivity contribution in [1.29, 1.82) is 0 Å². The average molecular weight is 340 g/mol. The van der Waals surface area contributed by atoms with Crippen LogP contribution in [0.25, 0.3) is 11.0 Å². The fraction of sp³-hybridized carbons (Fsp3) is 0.412. The number of hydrogen-bond donors (Lipinski definition) is 1. The molecule has 0 bridgehead atoms. The second-order valence-corrected chi connectivity index (χ2v) is 6.24. The Labute approximate surface area is 144 Å². The molecule has 4 rings (SSSR count). The first-order valence-corrected chi connectivity index (χ1v) is 8.37. The van der Waals surface area contributed by atoms with Gasteiger partial charge in [0, 0.05) is 14.1 Å². The average Bonchev–Trinajstić information content (AvgIpc) is 3.35. The van der Waals surface area contributed by atoms with E-state index in [9.17, 15) is 4.79 Å². The van der Waals surface area contributed by atoms with Gasteiger partial charge in [-0.3, -0.25) is 9.69 Å². The van der Waals surface area contributed by atoms with E-state index in [1.165, 1.54) is 0 Å². The molecule has 1 aromatic carbocycles. The Balaban J connectivity index is 1.58. The lowest BCUT2D eigenvalue weighted by atomic mass is 10.2. The minimum atomic E-state index is -0.344. The zero-order chi connectivity index (χ0) is 17.4. The number of para-hydroxylation sites is 2. The number of hydrogen-bond acceptors (Lipinski definition) is 6. The number of benzene rings is 1. The van der Waals surface area contributed by atoms with Crippen molar-refractivity contribution in [3.63, 3.8) is 0 Å². The SMILES string of the molecule is CNC(=O)c1noc(CN2CCC[C@H]2c2nc3ccccc3n2C)n1. The summed E-state index contributed by atoms with van der Waals surface area (Å²) in [7, 11) is 3.60. The van der Waals surface area contributed by atoms with Gasteiger partial charge >= 0.3 is 0 Å². The molecule has 8 heteroatoms. The first-order valence-electron chi connectivity index (χ1n) is 8.37. The van der Waals surface area contributed by atoms with Crippen LogP contribution in [0.5, 0.6) is 0 Å². The highest BCUT2D eigenvalue weighted by atomic mass is 16.5. The third-order valence-corrected chi connectivity index (χ3v) is 4.72. The number of aromatic nitrogens is 4. The number of likely N-dealkylation sites (tertiary alicyclic amines) is 1. The van der Waals surface area contributed by atoms with E-state index in [-0.39, 0.29) is 17.8 Å². The molecule has 130 valence electrons. The first-order chi connectivity index (χ1) is 12.2. The molecule has 1 fully saturated rings. The van der Waals surface area contributed by atoms with Crippen LogP contribution < -0.4 is 5.32 Å².